The van der Waals surface area contributed by atoms with E-state index in [2.05, 4.69) is 0 Å². The average Bonchev–Trinajstić information content (AvgIpc) is 3.31. The average molecular weight is 453 g/mol. The first-order chi connectivity index (χ1) is 17.2. The van der Waals surface area contributed by atoms with E-state index in [0.717, 1.165) is 16.3 Å². The Morgan fingerprint density at radius 2 is 1.14 bits per heavy atom. The van der Waals surface area contributed by atoms with E-state index >= 15 is 0 Å². The van der Waals surface area contributed by atoms with Gasteiger partial charge in [0.05, 0.1) is 5.56 Å². The maximum Gasteiger partial charge on any atom is 0.197 e. The molecule has 0 spiro atoms. The maximum atomic E-state index is 14.0. The number of hydrogen-bond acceptors (Lipinski definition) is 3. The number of furan rings is 1. The highest BCUT2D eigenvalue weighted by atomic mass is 16.3. The number of ketones is 2. The van der Waals surface area contributed by atoms with Crippen molar-refractivity contribution in [2.45, 2.75) is 0 Å². The summed E-state index contributed by atoms with van der Waals surface area (Å²) in [6.45, 7) is 0. The van der Waals surface area contributed by atoms with Crippen LogP contribution < -0.4 is 0 Å². The van der Waals surface area contributed by atoms with E-state index in [1.165, 1.54) is 0 Å². The first-order valence-electron chi connectivity index (χ1n) is 11.4. The number of benzene rings is 5. The molecule has 0 aliphatic rings. The zero-order chi connectivity index (χ0) is 23.8. The van der Waals surface area contributed by atoms with Gasteiger partial charge in [-0.05, 0) is 35.0 Å². The highest BCUT2D eigenvalue weighted by Crippen LogP contribution is 2.36. The van der Waals surface area contributed by atoms with Gasteiger partial charge in [-0.2, -0.15) is 0 Å². The van der Waals surface area contributed by atoms with Gasteiger partial charge in [0.15, 0.2) is 11.6 Å². The lowest BCUT2D eigenvalue weighted by molar-refractivity contribution is 0.103. The van der Waals surface area contributed by atoms with Crippen molar-refractivity contribution in [3.05, 3.63) is 144 Å². The third kappa shape index (κ3) is 3.73. The van der Waals surface area contributed by atoms with Crippen molar-refractivity contribution in [2.75, 3.05) is 0 Å². The molecule has 0 aliphatic carbocycles. The molecule has 0 fully saturated rings. The van der Waals surface area contributed by atoms with Crippen molar-refractivity contribution in [1.82, 2.24) is 0 Å². The van der Waals surface area contributed by atoms with Crippen LogP contribution in [0.25, 0.3) is 33.1 Å². The Labute approximate surface area is 202 Å². The van der Waals surface area contributed by atoms with Crippen LogP contribution in [0.4, 0.5) is 0 Å². The molecule has 166 valence electrons. The Hall–Kier alpha value is -4.76. The summed E-state index contributed by atoms with van der Waals surface area (Å²) in [7, 11) is 0. The van der Waals surface area contributed by atoms with E-state index in [-0.39, 0.29) is 11.6 Å². The predicted molar refractivity (Wildman–Crippen MR) is 139 cm³/mol. The van der Waals surface area contributed by atoms with E-state index in [9.17, 15) is 9.59 Å². The lowest BCUT2D eigenvalue weighted by Crippen LogP contribution is -2.04. The molecule has 5 aromatic carbocycles. The molecule has 0 atom stereocenters. The second-order valence-electron chi connectivity index (χ2n) is 8.47. The molecule has 0 unspecified atom stereocenters. The van der Waals surface area contributed by atoms with Crippen molar-refractivity contribution in [1.29, 1.82) is 0 Å². The van der Waals surface area contributed by atoms with Crippen molar-refractivity contribution in [3.63, 3.8) is 0 Å². The smallest absolute Gasteiger partial charge is 0.197 e. The molecule has 6 aromatic rings. The van der Waals surface area contributed by atoms with Crippen molar-refractivity contribution in [2.24, 2.45) is 0 Å². The zero-order valence-electron chi connectivity index (χ0n) is 18.8. The van der Waals surface area contributed by atoms with Gasteiger partial charge in [0, 0.05) is 27.6 Å². The van der Waals surface area contributed by atoms with Gasteiger partial charge < -0.3 is 4.42 Å². The molecule has 0 bridgehead atoms. The summed E-state index contributed by atoms with van der Waals surface area (Å²) in [5.41, 5.74) is 3.52. The van der Waals surface area contributed by atoms with Crippen LogP contribution in [0.5, 0.6) is 0 Å². The summed E-state index contributed by atoms with van der Waals surface area (Å²) in [6.07, 6.45) is 0. The largest absolute Gasteiger partial charge is 0.455 e. The lowest BCUT2D eigenvalue weighted by atomic mass is 9.94. The highest BCUT2D eigenvalue weighted by molar-refractivity contribution is 6.21. The molecule has 1 aromatic heterocycles. The maximum absolute atomic E-state index is 14.0. The van der Waals surface area contributed by atoms with Gasteiger partial charge in [-0.15, -0.1) is 0 Å². The molecule has 3 heteroatoms. The SMILES string of the molecule is O=C(c1ccccc1)c1ccc2oc(-c3ccccc3)c(C(=O)c3ccc4ccccc4c3)c2c1. The van der Waals surface area contributed by atoms with Crippen LogP contribution in [0.3, 0.4) is 0 Å². The van der Waals surface area contributed by atoms with Crippen molar-refractivity contribution in [3.8, 4) is 11.3 Å². The molecule has 0 saturated carbocycles. The van der Waals surface area contributed by atoms with E-state index in [1.54, 1.807) is 30.3 Å². The Morgan fingerprint density at radius 3 is 1.91 bits per heavy atom. The van der Waals surface area contributed by atoms with Gasteiger partial charge in [-0.25, -0.2) is 0 Å². The molecule has 0 amide bonds. The molecular weight excluding hydrogens is 432 g/mol. The van der Waals surface area contributed by atoms with Crippen molar-refractivity contribution < 1.29 is 14.0 Å². The fourth-order valence-corrected chi connectivity index (χ4v) is 4.49. The highest BCUT2D eigenvalue weighted by Gasteiger charge is 2.24. The zero-order valence-corrected chi connectivity index (χ0v) is 18.8. The summed E-state index contributed by atoms with van der Waals surface area (Å²) >= 11 is 0. The minimum Gasteiger partial charge on any atom is -0.455 e. The molecule has 6 rings (SSSR count). The van der Waals surface area contributed by atoms with Crippen LogP contribution in [-0.2, 0) is 0 Å². The van der Waals surface area contributed by atoms with Crippen LogP contribution in [0, 0.1) is 0 Å². The molecule has 0 aliphatic heterocycles. The molecule has 0 radical (unpaired) electrons. The van der Waals surface area contributed by atoms with Gasteiger partial charge in [-0.1, -0.05) is 97.1 Å². The normalized spacial score (nSPS) is 11.1. The standard InChI is InChI=1S/C32H20O3/c33-30(22-10-3-1-4-11-22)26-17-18-28-27(20-26)29(32(35-28)23-12-5-2-6-13-23)31(34)25-16-15-21-9-7-8-14-24(21)19-25/h1-20H. The first-order valence-corrected chi connectivity index (χ1v) is 11.4. The molecule has 0 saturated heterocycles. The summed E-state index contributed by atoms with van der Waals surface area (Å²) in [4.78, 5) is 27.1. The number of carbonyl (C=O) groups is 2. The van der Waals surface area contributed by atoms with Gasteiger partial charge in [0.2, 0.25) is 0 Å². The van der Waals surface area contributed by atoms with Crippen LogP contribution in [0.15, 0.2) is 126 Å². The Kier molecular flexibility index (Phi) is 5.08. The van der Waals surface area contributed by atoms with E-state index in [1.807, 2.05) is 91.0 Å². The number of carbonyl (C=O) groups excluding carboxylic acids is 2. The lowest BCUT2D eigenvalue weighted by Gasteiger charge is -2.06. The Balaban J connectivity index is 1.55. The Bertz CT molecular complexity index is 1710. The first kappa shape index (κ1) is 20.8. The number of hydrogen-bond donors (Lipinski definition) is 0. The summed E-state index contributed by atoms with van der Waals surface area (Å²) in [6, 6.07) is 37.7. The summed E-state index contributed by atoms with van der Waals surface area (Å²) in [5, 5.41) is 2.69. The van der Waals surface area contributed by atoms with E-state index < -0.39 is 0 Å². The molecule has 35 heavy (non-hydrogen) atoms. The minimum absolute atomic E-state index is 0.0981. The monoisotopic (exact) mass is 452 g/mol. The third-order valence-corrected chi connectivity index (χ3v) is 6.26. The topological polar surface area (TPSA) is 47.3 Å². The second-order valence-corrected chi connectivity index (χ2v) is 8.47. The van der Waals surface area contributed by atoms with E-state index in [0.29, 0.717) is 39.0 Å². The fraction of sp³-hybridized carbons (Fsp3) is 0. The molecular formula is C32H20O3. The number of fused-ring (bicyclic) bond motifs is 2. The predicted octanol–water partition coefficient (Wildman–Crippen LogP) is 7.72. The van der Waals surface area contributed by atoms with Crippen molar-refractivity contribution >= 4 is 33.3 Å². The summed E-state index contributed by atoms with van der Waals surface area (Å²) < 4.78 is 6.22. The van der Waals surface area contributed by atoms with E-state index in [4.69, 9.17) is 4.42 Å². The van der Waals surface area contributed by atoms with Gasteiger partial charge >= 0.3 is 0 Å². The fourth-order valence-electron chi connectivity index (χ4n) is 4.49. The van der Waals surface area contributed by atoms with Gasteiger partial charge in [0.25, 0.3) is 0 Å². The molecule has 3 nitrogen and oxygen atoms in total. The number of rotatable bonds is 5. The van der Waals surface area contributed by atoms with Crippen LogP contribution in [0.1, 0.15) is 31.8 Å². The summed E-state index contributed by atoms with van der Waals surface area (Å²) in [5.74, 6) is 0.264. The van der Waals surface area contributed by atoms with Crippen LogP contribution in [0.2, 0.25) is 0 Å². The van der Waals surface area contributed by atoms with Crippen LogP contribution in [-0.4, -0.2) is 11.6 Å². The second kappa shape index (κ2) is 8.54. The molecule has 1 heterocycles. The molecule has 0 N–H and O–H groups in total. The minimum atomic E-state index is -0.141. The third-order valence-electron chi connectivity index (χ3n) is 6.26. The quantitative estimate of drug-likeness (QED) is 0.252. The van der Waals surface area contributed by atoms with Gasteiger partial charge in [0.1, 0.15) is 11.3 Å². The Morgan fingerprint density at radius 1 is 0.514 bits per heavy atom. The van der Waals surface area contributed by atoms with Gasteiger partial charge in [-0.3, -0.25) is 9.59 Å². The van der Waals surface area contributed by atoms with Crippen LogP contribution >= 0.6 is 0 Å².